The number of nitrogens with one attached hydrogen (secondary N) is 2. The first kappa shape index (κ1) is 17.8. The van der Waals surface area contributed by atoms with Gasteiger partial charge in [0.15, 0.2) is 0 Å². The average molecular weight is 343 g/mol. The molecule has 25 heavy (non-hydrogen) atoms. The molecule has 2 aliphatic carbocycles. The molecule has 4 N–H and O–H groups in total. The number of primary amides is 1. The van der Waals surface area contributed by atoms with Crippen molar-refractivity contribution in [2.24, 2.45) is 17.6 Å². The molecule has 1 aromatic rings. The Kier molecular flexibility index (Phi) is 5.95. The zero-order chi connectivity index (χ0) is 17.6. The highest BCUT2D eigenvalue weighted by Gasteiger charge is 2.34. The fraction of sp³-hybridized carbons (Fsp3) is 0.600. The molecule has 0 heterocycles. The van der Waals surface area contributed by atoms with Crippen molar-refractivity contribution in [3.05, 3.63) is 35.4 Å². The quantitative estimate of drug-likeness (QED) is 0.740. The van der Waals surface area contributed by atoms with Crippen LogP contribution in [0.4, 0.5) is 4.79 Å². The summed E-state index contributed by atoms with van der Waals surface area (Å²) in [6, 6.07) is 7.17. The number of hydrogen-bond donors (Lipinski definition) is 3. The molecule has 0 aromatic heterocycles. The number of hydrogen-bond acceptors (Lipinski definition) is 2. The zero-order valence-corrected chi connectivity index (χ0v) is 14.8. The Morgan fingerprint density at radius 1 is 0.960 bits per heavy atom. The number of amides is 3. The van der Waals surface area contributed by atoms with Gasteiger partial charge < -0.3 is 16.4 Å². The molecule has 2 aliphatic rings. The number of carbonyl (C=O) groups is 2. The van der Waals surface area contributed by atoms with Crippen LogP contribution in [0.2, 0.25) is 0 Å². The van der Waals surface area contributed by atoms with Crippen LogP contribution in [-0.4, -0.2) is 18.0 Å². The molecule has 5 nitrogen and oxygen atoms in total. The summed E-state index contributed by atoms with van der Waals surface area (Å²) in [4.78, 5) is 23.5. The molecule has 0 bridgehead atoms. The van der Waals surface area contributed by atoms with E-state index in [-0.39, 0.29) is 5.91 Å². The molecule has 2 fully saturated rings. The molecule has 0 aliphatic heterocycles. The Labute approximate surface area is 149 Å². The van der Waals surface area contributed by atoms with Gasteiger partial charge in [-0.25, -0.2) is 4.79 Å². The molecule has 0 radical (unpaired) electrons. The van der Waals surface area contributed by atoms with E-state index in [1.807, 2.05) is 24.3 Å². The second-order valence-corrected chi connectivity index (χ2v) is 7.50. The molecular formula is C20H29N3O2. The number of carbonyl (C=O) groups excluding carboxylic acids is 2. The molecule has 0 spiro atoms. The van der Waals surface area contributed by atoms with Crippen molar-refractivity contribution >= 4 is 11.9 Å². The van der Waals surface area contributed by atoms with E-state index in [0.717, 1.165) is 5.56 Å². The fourth-order valence-corrected chi connectivity index (χ4v) is 4.11. The van der Waals surface area contributed by atoms with Gasteiger partial charge in [-0.1, -0.05) is 37.8 Å². The van der Waals surface area contributed by atoms with Crippen LogP contribution < -0.4 is 16.4 Å². The minimum Gasteiger partial charge on any atom is -0.352 e. The van der Waals surface area contributed by atoms with Crippen molar-refractivity contribution in [2.45, 2.75) is 64.0 Å². The van der Waals surface area contributed by atoms with Crippen LogP contribution in [0.5, 0.6) is 0 Å². The first-order valence-corrected chi connectivity index (χ1v) is 9.56. The molecular weight excluding hydrogens is 314 g/mol. The van der Waals surface area contributed by atoms with Gasteiger partial charge in [0.2, 0.25) is 0 Å². The van der Waals surface area contributed by atoms with Crippen LogP contribution in [0.25, 0.3) is 0 Å². The van der Waals surface area contributed by atoms with Gasteiger partial charge in [0.05, 0.1) is 0 Å². The van der Waals surface area contributed by atoms with Crippen LogP contribution in [-0.2, 0) is 6.54 Å². The van der Waals surface area contributed by atoms with E-state index in [9.17, 15) is 9.59 Å². The summed E-state index contributed by atoms with van der Waals surface area (Å²) in [7, 11) is 0. The Morgan fingerprint density at radius 2 is 1.56 bits per heavy atom. The first-order valence-electron chi connectivity index (χ1n) is 9.56. The van der Waals surface area contributed by atoms with Crippen LogP contribution in [0.1, 0.15) is 67.3 Å². The minimum absolute atomic E-state index is 0.0249. The summed E-state index contributed by atoms with van der Waals surface area (Å²) >= 11 is 0. The molecule has 1 unspecified atom stereocenters. The smallest absolute Gasteiger partial charge is 0.312 e. The van der Waals surface area contributed by atoms with Crippen LogP contribution in [0.15, 0.2) is 24.3 Å². The van der Waals surface area contributed by atoms with Crippen LogP contribution in [0.3, 0.4) is 0 Å². The van der Waals surface area contributed by atoms with Gasteiger partial charge in [-0.3, -0.25) is 4.79 Å². The van der Waals surface area contributed by atoms with E-state index < -0.39 is 6.03 Å². The molecule has 1 aromatic carbocycles. The number of urea groups is 1. The summed E-state index contributed by atoms with van der Waals surface area (Å²) in [5, 5.41) is 5.90. The van der Waals surface area contributed by atoms with Gasteiger partial charge in [0.25, 0.3) is 5.91 Å². The topological polar surface area (TPSA) is 84.2 Å². The Morgan fingerprint density at radius 3 is 2.08 bits per heavy atom. The van der Waals surface area contributed by atoms with Crippen molar-refractivity contribution in [2.75, 3.05) is 0 Å². The van der Waals surface area contributed by atoms with Crippen molar-refractivity contribution in [1.29, 1.82) is 0 Å². The minimum atomic E-state index is -0.544. The highest BCUT2D eigenvalue weighted by molar-refractivity contribution is 5.94. The van der Waals surface area contributed by atoms with E-state index in [2.05, 4.69) is 10.6 Å². The van der Waals surface area contributed by atoms with Crippen molar-refractivity contribution in [3.63, 3.8) is 0 Å². The zero-order valence-electron chi connectivity index (χ0n) is 14.8. The second-order valence-electron chi connectivity index (χ2n) is 7.50. The third-order valence-electron chi connectivity index (χ3n) is 5.80. The van der Waals surface area contributed by atoms with E-state index in [0.29, 0.717) is 30.0 Å². The second kappa shape index (κ2) is 8.37. The number of rotatable bonds is 6. The van der Waals surface area contributed by atoms with Gasteiger partial charge in [-0.15, -0.1) is 0 Å². The number of nitrogens with two attached hydrogens (primary N) is 1. The maximum atomic E-state index is 12.7. The molecule has 3 amide bonds. The third-order valence-corrected chi connectivity index (χ3v) is 5.80. The molecule has 0 saturated heterocycles. The predicted molar refractivity (Wildman–Crippen MR) is 98.0 cm³/mol. The average Bonchev–Trinajstić information content (AvgIpc) is 2.59. The highest BCUT2D eigenvalue weighted by atomic mass is 16.2. The maximum absolute atomic E-state index is 12.7. The molecule has 2 saturated carbocycles. The highest BCUT2D eigenvalue weighted by Crippen LogP contribution is 2.38. The summed E-state index contributed by atoms with van der Waals surface area (Å²) < 4.78 is 0. The predicted octanol–water partition coefficient (Wildman–Crippen LogP) is 3.33. The van der Waals surface area contributed by atoms with E-state index >= 15 is 0 Å². The Hall–Kier alpha value is -2.04. The van der Waals surface area contributed by atoms with Gasteiger partial charge in [-0.2, -0.15) is 0 Å². The third kappa shape index (κ3) is 4.74. The lowest BCUT2D eigenvalue weighted by molar-refractivity contribution is 0.0831. The fourth-order valence-electron chi connectivity index (χ4n) is 4.11. The summed E-state index contributed by atoms with van der Waals surface area (Å²) in [5.41, 5.74) is 6.69. The Bertz CT molecular complexity index is 589. The monoisotopic (exact) mass is 343 g/mol. The van der Waals surface area contributed by atoms with Crippen LogP contribution in [0, 0.1) is 11.8 Å². The maximum Gasteiger partial charge on any atom is 0.312 e. The standard InChI is InChI=1S/C20H29N3O2/c21-20(25)22-13-14-9-11-17(12-10-14)19(24)23-18(16-7-4-8-16)15-5-2-1-3-6-15/h9-12,15-16,18H,1-8,13H2,(H,23,24)(H3,21,22,25). The first-order chi connectivity index (χ1) is 12.1. The molecule has 1 atom stereocenters. The van der Waals surface area contributed by atoms with Crippen molar-refractivity contribution in [3.8, 4) is 0 Å². The summed E-state index contributed by atoms with van der Waals surface area (Å²) in [6.07, 6.45) is 10.2. The lowest BCUT2D eigenvalue weighted by Crippen LogP contribution is -2.48. The van der Waals surface area contributed by atoms with Gasteiger partial charge >= 0.3 is 6.03 Å². The van der Waals surface area contributed by atoms with E-state index in [1.165, 1.54) is 51.4 Å². The SMILES string of the molecule is NC(=O)NCc1ccc(C(=O)NC(C2CCCCC2)C2CCC2)cc1. The lowest BCUT2D eigenvalue weighted by atomic mass is 9.71. The Balaban J connectivity index is 1.61. The number of benzene rings is 1. The van der Waals surface area contributed by atoms with Crippen molar-refractivity contribution < 1.29 is 9.59 Å². The molecule has 3 rings (SSSR count). The van der Waals surface area contributed by atoms with Gasteiger partial charge in [0.1, 0.15) is 0 Å². The van der Waals surface area contributed by atoms with Crippen LogP contribution >= 0.6 is 0 Å². The summed E-state index contributed by atoms with van der Waals surface area (Å²) in [5.74, 6) is 1.32. The van der Waals surface area contributed by atoms with E-state index in [4.69, 9.17) is 5.73 Å². The summed E-state index contributed by atoms with van der Waals surface area (Å²) in [6.45, 7) is 0.379. The normalized spacial score (nSPS) is 19.7. The van der Waals surface area contributed by atoms with Crippen molar-refractivity contribution in [1.82, 2.24) is 10.6 Å². The lowest BCUT2D eigenvalue weighted by Gasteiger charge is -2.40. The molecule has 5 heteroatoms. The van der Waals surface area contributed by atoms with E-state index in [1.54, 1.807) is 0 Å². The molecule has 136 valence electrons. The van der Waals surface area contributed by atoms with Gasteiger partial charge in [0, 0.05) is 18.2 Å². The van der Waals surface area contributed by atoms with Gasteiger partial charge in [-0.05, 0) is 55.2 Å². The largest absolute Gasteiger partial charge is 0.352 e.